The zero-order valence-electron chi connectivity index (χ0n) is 10.6. The van der Waals surface area contributed by atoms with E-state index in [0.29, 0.717) is 13.0 Å². The third-order valence-electron chi connectivity index (χ3n) is 2.54. The van der Waals surface area contributed by atoms with Gasteiger partial charge in [-0.25, -0.2) is 0 Å². The van der Waals surface area contributed by atoms with Gasteiger partial charge < -0.3 is 4.74 Å². The van der Waals surface area contributed by atoms with Crippen LogP contribution in [-0.2, 0) is 9.53 Å². The van der Waals surface area contributed by atoms with E-state index in [-0.39, 0.29) is 5.97 Å². The van der Waals surface area contributed by atoms with Crippen LogP contribution in [0.5, 0.6) is 0 Å². The van der Waals surface area contributed by atoms with Gasteiger partial charge in [-0.05, 0) is 12.8 Å². The molecular formula is C13H25ClO2. The summed E-state index contributed by atoms with van der Waals surface area (Å²) in [6.07, 6.45) is 8.83. The van der Waals surface area contributed by atoms with Crippen LogP contribution in [0.4, 0.5) is 0 Å². The fourth-order valence-corrected chi connectivity index (χ4v) is 1.80. The first-order chi connectivity index (χ1) is 7.72. The Labute approximate surface area is 105 Å². The summed E-state index contributed by atoms with van der Waals surface area (Å²) in [5, 5.41) is -0.454. The third kappa shape index (κ3) is 9.02. The van der Waals surface area contributed by atoms with Crippen molar-refractivity contribution in [3.63, 3.8) is 0 Å². The van der Waals surface area contributed by atoms with Crippen LogP contribution in [0.1, 0.15) is 65.2 Å². The molecule has 0 spiro atoms. The van der Waals surface area contributed by atoms with E-state index in [1.165, 1.54) is 25.7 Å². The van der Waals surface area contributed by atoms with Crippen molar-refractivity contribution in [2.24, 2.45) is 0 Å². The van der Waals surface area contributed by atoms with Crippen LogP contribution in [0.25, 0.3) is 0 Å². The lowest BCUT2D eigenvalue weighted by molar-refractivity contribution is -0.143. The summed E-state index contributed by atoms with van der Waals surface area (Å²) in [5.74, 6) is -0.253. The first-order valence-corrected chi connectivity index (χ1v) is 6.96. The molecule has 0 bridgehead atoms. The number of halogens is 1. The van der Waals surface area contributed by atoms with Crippen molar-refractivity contribution < 1.29 is 9.53 Å². The number of alkyl halides is 1. The molecule has 0 radical (unpaired) electrons. The van der Waals surface area contributed by atoms with E-state index in [9.17, 15) is 4.79 Å². The summed E-state index contributed by atoms with van der Waals surface area (Å²) >= 11 is 5.84. The molecule has 0 amide bonds. The van der Waals surface area contributed by atoms with Gasteiger partial charge >= 0.3 is 5.97 Å². The molecule has 1 atom stereocenters. The van der Waals surface area contributed by atoms with E-state index < -0.39 is 5.38 Å². The number of esters is 1. The van der Waals surface area contributed by atoms with E-state index in [1.54, 1.807) is 0 Å². The van der Waals surface area contributed by atoms with Gasteiger partial charge in [-0.15, -0.1) is 11.6 Å². The fourth-order valence-electron chi connectivity index (χ4n) is 1.52. The Morgan fingerprint density at radius 1 is 1.06 bits per heavy atom. The number of hydrogen-bond donors (Lipinski definition) is 0. The first-order valence-electron chi connectivity index (χ1n) is 6.53. The molecule has 96 valence electrons. The monoisotopic (exact) mass is 248 g/mol. The Kier molecular flexibility index (Phi) is 11.1. The lowest BCUT2D eigenvalue weighted by Gasteiger charge is -2.08. The van der Waals surface area contributed by atoms with Crippen molar-refractivity contribution in [1.29, 1.82) is 0 Å². The normalized spacial score (nSPS) is 12.4. The van der Waals surface area contributed by atoms with Crippen LogP contribution < -0.4 is 0 Å². The van der Waals surface area contributed by atoms with Crippen LogP contribution in [0.3, 0.4) is 0 Å². The minimum absolute atomic E-state index is 0.253. The smallest absolute Gasteiger partial charge is 0.324 e. The number of rotatable bonds is 10. The largest absolute Gasteiger partial charge is 0.465 e. The van der Waals surface area contributed by atoms with Crippen LogP contribution in [0, 0.1) is 0 Å². The minimum Gasteiger partial charge on any atom is -0.465 e. The molecule has 0 saturated carbocycles. The van der Waals surface area contributed by atoms with Gasteiger partial charge in [0.1, 0.15) is 5.38 Å². The maximum atomic E-state index is 11.3. The lowest BCUT2D eigenvalue weighted by Crippen LogP contribution is -2.18. The van der Waals surface area contributed by atoms with Crippen LogP contribution >= 0.6 is 11.6 Å². The highest BCUT2D eigenvalue weighted by Gasteiger charge is 2.14. The maximum absolute atomic E-state index is 11.3. The number of carbonyl (C=O) groups excluding carboxylic acids is 1. The summed E-state index contributed by atoms with van der Waals surface area (Å²) in [6, 6.07) is 0. The van der Waals surface area contributed by atoms with Gasteiger partial charge in [0.05, 0.1) is 6.61 Å². The summed E-state index contributed by atoms with van der Waals surface area (Å²) in [5.41, 5.74) is 0. The van der Waals surface area contributed by atoms with Crippen molar-refractivity contribution in [3.8, 4) is 0 Å². The van der Waals surface area contributed by atoms with Gasteiger partial charge in [-0.1, -0.05) is 52.4 Å². The number of carbonyl (C=O) groups is 1. The van der Waals surface area contributed by atoms with E-state index in [4.69, 9.17) is 16.3 Å². The highest BCUT2D eigenvalue weighted by Crippen LogP contribution is 2.09. The minimum atomic E-state index is -0.454. The fraction of sp³-hybridized carbons (Fsp3) is 0.923. The molecule has 0 aromatic carbocycles. The van der Waals surface area contributed by atoms with E-state index in [2.05, 4.69) is 6.92 Å². The number of unbranched alkanes of at least 4 members (excludes halogenated alkanes) is 5. The standard InChI is InChI=1S/C13H25ClO2/c1-3-5-6-7-8-9-11-16-13(15)12(14)10-4-2/h12H,3-11H2,1-2H3. The molecule has 0 heterocycles. The molecule has 0 rings (SSSR count). The predicted molar refractivity (Wildman–Crippen MR) is 68.9 cm³/mol. The van der Waals surface area contributed by atoms with Crippen LogP contribution in [0.2, 0.25) is 0 Å². The molecular weight excluding hydrogens is 224 g/mol. The highest BCUT2D eigenvalue weighted by molar-refractivity contribution is 6.29. The summed E-state index contributed by atoms with van der Waals surface area (Å²) in [7, 11) is 0. The quantitative estimate of drug-likeness (QED) is 0.327. The molecule has 0 saturated heterocycles. The zero-order chi connectivity index (χ0) is 12.2. The molecule has 3 heteroatoms. The lowest BCUT2D eigenvalue weighted by atomic mass is 10.1. The van der Waals surface area contributed by atoms with Gasteiger partial charge in [-0.3, -0.25) is 4.79 Å². The van der Waals surface area contributed by atoms with E-state index in [1.807, 2.05) is 6.92 Å². The van der Waals surface area contributed by atoms with Crippen molar-refractivity contribution >= 4 is 17.6 Å². The molecule has 0 aliphatic rings. The third-order valence-corrected chi connectivity index (χ3v) is 2.94. The molecule has 0 aromatic heterocycles. The Morgan fingerprint density at radius 2 is 1.69 bits per heavy atom. The van der Waals surface area contributed by atoms with Gasteiger partial charge in [0, 0.05) is 0 Å². The van der Waals surface area contributed by atoms with Crippen molar-refractivity contribution in [2.45, 2.75) is 70.6 Å². The Morgan fingerprint density at radius 3 is 2.31 bits per heavy atom. The summed E-state index contributed by atoms with van der Waals surface area (Å²) in [4.78, 5) is 11.3. The second-order valence-corrected chi connectivity index (χ2v) is 4.72. The predicted octanol–water partition coefficient (Wildman–Crippen LogP) is 4.30. The average molecular weight is 249 g/mol. The molecule has 0 N–H and O–H groups in total. The highest BCUT2D eigenvalue weighted by atomic mass is 35.5. The Bertz CT molecular complexity index is 171. The summed E-state index contributed by atoms with van der Waals surface area (Å²) < 4.78 is 5.09. The molecule has 0 fully saturated rings. The second kappa shape index (κ2) is 11.3. The average Bonchev–Trinajstić information content (AvgIpc) is 2.28. The number of ether oxygens (including phenoxy) is 1. The molecule has 0 aliphatic carbocycles. The molecule has 1 unspecified atom stereocenters. The van der Waals surface area contributed by atoms with Gasteiger partial charge in [0.25, 0.3) is 0 Å². The van der Waals surface area contributed by atoms with Crippen molar-refractivity contribution in [1.82, 2.24) is 0 Å². The van der Waals surface area contributed by atoms with Gasteiger partial charge in [0.15, 0.2) is 0 Å². The first kappa shape index (κ1) is 15.8. The van der Waals surface area contributed by atoms with Gasteiger partial charge in [-0.2, -0.15) is 0 Å². The van der Waals surface area contributed by atoms with E-state index in [0.717, 1.165) is 19.3 Å². The molecule has 0 aliphatic heterocycles. The Hall–Kier alpha value is -0.240. The second-order valence-electron chi connectivity index (χ2n) is 4.19. The Balaban J connectivity index is 3.27. The van der Waals surface area contributed by atoms with Crippen LogP contribution in [-0.4, -0.2) is 18.0 Å². The van der Waals surface area contributed by atoms with Crippen molar-refractivity contribution in [2.75, 3.05) is 6.61 Å². The van der Waals surface area contributed by atoms with Crippen LogP contribution in [0.15, 0.2) is 0 Å². The molecule has 16 heavy (non-hydrogen) atoms. The maximum Gasteiger partial charge on any atom is 0.324 e. The number of hydrogen-bond acceptors (Lipinski definition) is 2. The van der Waals surface area contributed by atoms with Crippen molar-refractivity contribution in [3.05, 3.63) is 0 Å². The molecule has 2 nitrogen and oxygen atoms in total. The van der Waals surface area contributed by atoms with E-state index >= 15 is 0 Å². The molecule has 0 aromatic rings. The summed E-state index contributed by atoms with van der Waals surface area (Å²) in [6.45, 7) is 4.74. The topological polar surface area (TPSA) is 26.3 Å². The zero-order valence-corrected chi connectivity index (χ0v) is 11.4. The van der Waals surface area contributed by atoms with Gasteiger partial charge in [0.2, 0.25) is 0 Å². The SMILES string of the molecule is CCCCCCCCOC(=O)C(Cl)CCC.